The first kappa shape index (κ1) is 14.3. The largest absolute Gasteiger partial charge is 0.507 e. The van der Waals surface area contributed by atoms with E-state index in [1.165, 1.54) is 12.1 Å². The molecule has 2 rings (SSSR count). The Morgan fingerprint density at radius 1 is 1.05 bits per heavy atom. The quantitative estimate of drug-likeness (QED) is 0.687. The van der Waals surface area contributed by atoms with Crippen LogP contribution in [-0.4, -0.2) is 16.7 Å². The predicted molar refractivity (Wildman–Crippen MR) is 77.6 cm³/mol. The summed E-state index contributed by atoms with van der Waals surface area (Å²) in [5.41, 5.74) is 1.44. The molecule has 0 saturated heterocycles. The zero-order valence-corrected chi connectivity index (χ0v) is 11.6. The summed E-state index contributed by atoms with van der Waals surface area (Å²) >= 11 is 5.74. The van der Waals surface area contributed by atoms with Crippen molar-refractivity contribution in [1.29, 1.82) is 0 Å². The molecule has 0 aromatic heterocycles. The predicted octanol–water partition coefficient (Wildman–Crippen LogP) is 3.81. The summed E-state index contributed by atoms with van der Waals surface area (Å²) in [5.74, 6) is -0.798. The smallest absolute Gasteiger partial charge is 0.174 e. The molecule has 4 heteroatoms. The van der Waals surface area contributed by atoms with Crippen LogP contribution in [0.1, 0.15) is 32.7 Å². The average molecular weight is 289 g/mol. The van der Waals surface area contributed by atoms with Crippen molar-refractivity contribution in [3.8, 4) is 5.75 Å². The fraction of sp³-hybridized carbons (Fsp3) is 0.125. The minimum absolute atomic E-state index is 0.0982. The third-order valence-corrected chi connectivity index (χ3v) is 3.19. The molecule has 0 fully saturated rings. The van der Waals surface area contributed by atoms with Crippen molar-refractivity contribution in [2.75, 3.05) is 0 Å². The third kappa shape index (κ3) is 3.25. The molecule has 0 aliphatic rings. The summed E-state index contributed by atoms with van der Waals surface area (Å²) in [6.07, 6.45) is -0.280. The van der Waals surface area contributed by atoms with E-state index in [1.807, 2.05) is 6.92 Å². The molecule has 0 radical (unpaired) electrons. The molecule has 20 heavy (non-hydrogen) atoms. The molecule has 0 amide bonds. The average Bonchev–Trinajstić information content (AvgIpc) is 2.39. The molecule has 0 heterocycles. The zero-order valence-electron chi connectivity index (χ0n) is 10.9. The van der Waals surface area contributed by atoms with Crippen molar-refractivity contribution >= 4 is 23.2 Å². The number of carbonyl (C=O) groups is 2. The zero-order chi connectivity index (χ0) is 14.7. The van der Waals surface area contributed by atoms with Crippen LogP contribution < -0.4 is 0 Å². The van der Waals surface area contributed by atoms with Gasteiger partial charge < -0.3 is 5.11 Å². The third-order valence-electron chi connectivity index (χ3n) is 2.94. The Labute approximate surface area is 121 Å². The Balaban J connectivity index is 2.15. The molecule has 0 aliphatic carbocycles. The lowest BCUT2D eigenvalue weighted by atomic mass is 10.00. The first-order valence-electron chi connectivity index (χ1n) is 6.09. The normalized spacial score (nSPS) is 10.3. The SMILES string of the molecule is Cc1ccc(C(=O)CC(=O)c2ccc(Cl)cc2)c(O)c1. The minimum atomic E-state index is -0.401. The highest BCUT2D eigenvalue weighted by Crippen LogP contribution is 2.21. The van der Waals surface area contributed by atoms with Crippen LogP contribution in [0.2, 0.25) is 5.02 Å². The second-order valence-electron chi connectivity index (χ2n) is 4.55. The molecule has 102 valence electrons. The van der Waals surface area contributed by atoms with Crippen LogP contribution in [0.25, 0.3) is 0 Å². The van der Waals surface area contributed by atoms with Crippen molar-refractivity contribution in [2.24, 2.45) is 0 Å². The Hall–Kier alpha value is -2.13. The van der Waals surface area contributed by atoms with Crippen molar-refractivity contribution in [2.45, 2.75) is 13.3 Å². The van der Waals surface area contributed by atoms with Gasteiger partial charge in [0, 0.05) is 10.6 Å². The van der Waals surface area contributed by atoms with Crippen LogP contribution in [0, 0.1) is 6.92 Å². The number of hydrogen-bond donors (Lipinski definition) is 1. The standard InChI is InChI=1S/C16H13ClO3/c1-10-2-7-13(15(19)8-10)16(20)9-14(18)11-3-5-12(17)6-4-11/h2-8,19H,9H2,1H3. The highest BCUT2D eigenvalue weighted by Gasteiger charge is 2.16. The Morgan fingerprint density at radius 3 is 2.30 bits per heavy atom. The first-order valence-corrected chi connectivity index (χ1v) is 6.47. The number of Topliss-reactive ketones (excluding diaryl/α,β-unsaturated/α-hetero) is 2. The number of halogens is 1. The number of rotatable bonds is 4. The van der Waals surface area contributed by atoms with Crippen molar-refractivity contribution in [3.05, 3.63) is 64.2 Å². The first-order chi connectivity index (χ1) is 9.47. The maximum atomic E-state index is 12.0. The molecule has 0 atom stereocenters. The number of phenols is 1. The molecule has 0 spiro atoms. The fourth-order valence-corrected chi connectivity index (χ4v) is 1.98. The lowest BCUT2D eigenvalue weighted by molar-refractivity contribution is 0.0893. The Morgan fingerprint density at radius 2 is 1.70 bits per heavy atom. The number of carbonyl (C=O) groups excluding carboxylic acids is 2. The van der Waals surface area contributed by atoms with Gasteiger partial charge in [-0.15, -0.1) is 0 Å². The molecule has 0 unspecified atom stereocenters. The molecule has 0 bridgehead atoms. The summed E-state index contributed by atoms with van der Waals surface area (Å²) < 4.78 is 0. The summed E-state index contributed by atoms with van der Waals surface area (Å²) in [7, 11) is 0. The summed E-state index contributed by atoms with van der Waals surface area (Å²) in [6.45, 7) is 1.81. The van der Waals surface area contributed by atoms with Gasteiger partial charge in [0.05, 0.1) is 12.0 Å². The molecular weight excluding hydrogens is 276 g/mol. The Kier molecular flexibility index (Phi) is 4.20. The van der Waals surface area contributed by atoms with E-state index in [-0.39, 0.29) is 23.5 Å². The van der Waals surface area contributed by atoms with Gasteiger partial charge in [0.15, 0.2) is 11.6 Å². The number of phenolic OH excluding ortho intramolecular Hbond substituents is 1. The molecule has 0 aliphatic heterocycles. The van der Waals surface area contributed by atoms with Crippen LogP contribution in [0.5, 0.6) is 5.75 Å². The van der Waals surface area contributed by atoms with Gasteiger partial charge in [0.2, 0.25) is 0 Å². The van der Waals surface area contributed by atoms with E-state index >= 15 is 0 Å². The highest BCUT2D eigenvalue weighted by molar-refractivity contribution is 6.30. The van der Waals surface area contributed by atoms with Gasteiger partial charge in [-0.3, -0.25) is 9.59 Å². The highest BCUT2D eigenvalue weighted by atomic mass is 35.5. The van der Waals surface area contributed by atoms with E-state index in [1.54, 1.807) is 30.3 Å². The van der Waals surface area contributed by atoms with E-state index in [0.717, 1.165) is 5.56 Å². The molecule has 3 nitrogen and oxygen atoms in total. The van der Waals surface area contributed by atoms with Gasteiger partial charge in [-0.2, -0.15) is 0 Å². The van der Waals surface area contributed by atoms with E-state index in [2.05, 4.69) is 0 Å². The van der Waals surface area contributed by atoms with Gasteiger partial charge in [0.1, 0.15) is 5.75 Å². The van der Waals surface area contributed by atoms with Gasteiger partial charge in [-0.25, -0.2) is 0 Å². The molecule has 2 aromatic carbocycles. The van der Waals surface area contributed by atoms with Crippen molar-refractivity contribution in [3.63, 3.8) is 0 Å². The lowest BCUT2D eigenvalue weighted by Crippen LogP contribution is -2.08. The number of ketones is 2. The van der Waals surface area contributed by atoms with Crippen LogP contribution >= 0.6 is 11.6 Å². The lowest BCUT2D eigenvalue weighted by Gasteiger charge is -2.05. The van der Waals surface area contributed by atoms with E-state index in [9.17, 15) is 14.7 Å². The van der Waals surface area contributed by atoms with Gasteiger partial charge in [0.25, 0.3) is 0 Å². The Bertz CT molecular complexity index is 660. The minimum Gasteiger partial charge on any atom is -0.507 e. The topological polar surface area (TPSA) is 54.4 Å². The second-order valence-corrected chi connectivity index (χ2v) is 4.99. The van der Waals surface area contributed by atoms with E-state index < -0.39 is 5.78 Å². The number of benzene rings is 2. The summed E-state index contributed by atoms with van der Waals surface area (Å²) in [4.78, 5) is 24.0. The van der Waals surface area contributed by atoms with Gasteiger partial charge >= 0.3 is 0 Å². The molecule has 0 saturated carbocycles. The number of hydrogen-bond acceptors (Lipinski definition) is 3. The molecular formula is C16H13ClO3. The van der Waals surface area contributed by atoms with Gasteiger partial charge in [-0.05, 0) is 48.9 Å². The van der Waals surface area contributed by atoms with E-state index in [0.29, 0.717) is 10.6 Å². The van der Waals surface area contributed by atoms with Crippen molar-refractivity contribution < 1.29 is 14.7 Å². The number of aryl methyl sites for hydroxylation is 1. The molecule has 1 N–H and O–H groups in total. The van der Waals surface area contributed by atoms with Crippen LogP contribution in [0.15, 0.2) is 42.5 Å². The maximum absolute atomic E-state index is 12.0. The van der Waals surface area contributed by atoms with Crippen LogP contribution in [0.3, 0.4) is 0 Å². The fourth-order valence-electron chi connectivity index (χ4n) is 1.86. The summed E-state index contributed by atoms with van der Waals surface area (Å²) in [6, 6.07) is 11.1. The maximum Gasteiger partial charge on any atom is 0.174 e. The molecule has 2 aromatic rings. The van der Waals surface area contributed by atoms with E-state index in [4.69, 9.17) is 11.6 Å². The van der Waals surface area contributed by atoms with Gasteiger partial charge in [-0.1, -0.05) is 17.7 Å². The van der Waals surface area contributed by atoms with Crippen molar-refractivity contribution in [1.82, 2.24) is 0 Å². The van der Waals surface area contributed by atoms with Crippen LogP contribution in [0.4, 0.5) is 0 Å². The van der Waals surface area contributed by atoms with Crippen LogP contribution in [-0.2, 0) is 0 Å². The number of aromatic hydroxyl groups is 1. The monoisotopic (exact) mass is 288 g/mol. The second kappa shape index (κ2) is 5.88. The summed E-state index contributed by atoms with van der Waals surface area (Å²) in [5, 5.41) is 10.3.